The van der Waals surface area contributed by atoms with Crippen LogP contribution in [-0.4, -0.2) is 22.3 Å². The summed E-state index contributed by atoms with van der Waals surface area (Å²) in [4.78, 5) is 10.4. The summed E-state index contributed by atoms with van der Waals surface area (Å²) in [6, 6.07) is 11.5. The molecular formula is C14H12ClN3O2. The van der Waals surface area contributed by atoms with E-state index in [9.17, 15) is 10.1 Å². The minimum absolute atomic E-state index is 0.225. The number of nitriles is 1. The number of carbonyl (C=O) groups is 1. The van der Waals surface area contributed by atoms with Gasteiger partial charge in [-0.05, 0) is 5.56 Å². The van der Waals surface area contributed by atoms with Crippen LogP contribution in [-0.2, 0) is 6.54 Å². The minimum Gasteiger partial charge on any atom is -0.465 e. The first-order valence-corrected chi connectivity index (χ1v) is 6.32. The number of halogens is 1. The van der Waals surface area contributed by atoms with Crippen molar-refractivity contribution < 1.29 is 9.90 Å². The van der Waals surface area contributed by atoms with E-state index in [-0.39, 0.29) is 6.54 Å². The van der Waals surface area contributed by atoms with Crippen LogP contribution in [0.4, 0.5) is 4.79 Å². The summed E-state index contributed by atoms with van der Waals surface area (Å²) in [7, 11) is 0. The van der Waals surface area contributed by atoms with Gasteiger partial charge in [0, 0.05) is 24.8 Å². The normalized spacial score (nSPS) is 10.0. The highest BCUT2D eigenvalue weighted by Gasteiger charge is 2.15. The lowest BCUT2D eigenvalue weighted by molar-refractivity contribution is 0.194. The molecule has 0 saturated carbocycles. The summed E-state index contributed by atoms with van der Waals surface area (Å²) in [6.07, 6.45) is 0.547. The van der Waals surface area contributed by atoms with E-state index >= 15 is 0 Å². The van der Waals surface area contributed by atoms with E-state index in [1.165, 1.54) is 0 Å². The number of nitrogens with one attached hydrogen (secondary N) is 1. The van der Waals surface area contributed by atoms with Crippen molar-refractivity contribution in [1.82, 2.24) is 9.88 Å². The molecule has 2 rings (SSSR count). The van der Waals surface area contributed by atoms with Crippen LogP contribution in [0.3, 0.4) is 0 Å². The van der Waals surface area contributed by atoms with E-state index < -0.39 is 6.09 Å². The quantitative estimate of drug-likeness (QED) is 0.908. The Labute approximate surface area is 121 Å². The van der Waals surface area contributed by atoms with Crippen LogP contribution in [0, 0.1) is 11.3 Å². The Hall–Kier alpha value is -2.45. The molecule has 0 aliphatic heterocycles. The van der Waals surface area contributed by atoms with Crippen molar-refractivity contribution in [3.05, 3.63) is 47.2 Å². The number of amides is 1. The second-order valence-electron chi connectivity index (χ2n) is 4.11. The fourth-order valence-electron chi connectivity index (χ4n) is 1.94. The standard InChI is InChI=1S/C14H12ClN3O2/c15-13-12(10-4-2-1-3-5-10)11(8-16)9-18(13)7-6-17-14(19)20/h1-5,9,17H,6-7H2,(H,19,20). The Kier molecular flexibility index (Phi) is 4.28. The maximum Gasteiger partial charge on any atom is 0.404 e. The highest BCUT2D eigenvalue weighted by atomic mass is 35.5. The van der Waals surface area contributed by atoms with Crippen LogP contribution >= 0.6 is 11.6 Å². The van der Waals surface area contributed by atoms with Gasteiger partial charge in [0.05, 0.1) is 5.56 Å². The molecule has 1 aromatic carbocycles. The van der Waals surface area contributed by atoms with Crippen molar-refractivity contribution in [3.63, 3.8) is 0 Å². The Morgan fingerprint density at radius 2 is 2.10 bits per heavy atom. The number of benzene rings is 1. The lowest BCUT2D eigenvalue weighted by Crippen LogP contribution is -2.25. The molecule has 0 fully saturated rings. The molecule has 2 aromatic rings. The zero-order valence-corrected chi connectivity index (χ0v) is 11.3. The van der Waals surface area contributed by atoms with Gasteiger partial charge >= 0.3 is 6.09 Å². The van der Waals surface area contributed by atoms with E-state index in [0.29, 0.717) is 22.8 Å². The van der Waals surface area contributed by atoms with E-state index in [2.05, 4.69) is 11.4 Å². The van der Waals surface area contributed by atoms with Gasteiger partial charge in [0.25, 0.3) is 0 Å². The fraction of sp³-hybridized carbons (Fsp3) is 0.143. The summed E-state index contributed by atoms with van der Waals surface area (Å²) >= 11 is 6.29. The molecule has 0 aliphatic carbocycles. The van der Waals surface area contributed by atoms with Crippen LogP contribution in [0.5, 0.6) is 0 Å². The Balaban J connectivity index is 2.32. The predicted octanol–water partition coefficient (Wildman–Crippen LogP) is 2.95. The fourth-order valence-corrected chi connectivity index (χ4v) is 2.29. The van der Waals surface area contributed by atoms with Crippen LogP contribution < -0.4 is 5.32 Å². The van der Waals surface area contributed by atoms with E-state index in [0.717, 1.165) is 5.56 Å². The highest BCUT2D eigenvalue weighted by Crippen LogP contribution is 2.32. The lowest BCUT2D eigenvalue weighted by atomic mass is 10.1. The van der Waals surface area contributed by atoms with Gasteiger partial charge in [-0.25, -0.2) is 4.79 Å². The van der Waals surface area contributed by atoms with Gasteiger partial charge in [-0.15, -0.1) is 0 Å². The van der Waals surface area contributed by atoms with Crippen LogP contribution in [0.15, 0.2) is 36.5 Å². The monoisotopic (exact) mass is 289 g/mol. The van der Waals surface area contributed by atoms with Crippen LogP contribution in [0.25, 0.3) is 11.1 Å². The third-order valence-electron chi connectivity index (χ3n) is 2.82. The van der Waals surface area contributed by atoms with Gasteiger partial charge < -0.3 is 15.0 Å². The maximum absolute atomic E-state index is 10.4. The molecule has 0 saturated heterocycles. The molecule has 6 heteroatoms. The largest absolute Gasteiger partial charge is 0.465 e. The van der Waals surface area contributed by atoms with Crippen LogP contribution in [0.2, 0.25) is 5.15 Å². The van der Waals surface area contributed by atoms with Crippen molar-refractivity contribution in [2.75, 3.05) is 6.54 Å². The minimum atomic E-state index is -1.09. The van der Waals surface area contributed by atoms with Gasteiger partial charge in [-0.2, -0.15) is 5.26 Å². The summed E-state index contributed by atoms with van der Waals surface area (Å²) in [6.45, 7) is 0.593. The van der Waals surface area contributed by atoms with Gasteiger partial charge in [0.1, 0.15) is 11.2 Å². The smallest absolute Gasteiger partial charge is 0.404 e. The SMILES string of the molecule is N#Cc1cn(CCNC(=O)O)c(Cl)c1-c1ccccc1. The van der Waals surface area contributed by atoms with Crippen molar-refractivity contribution in [2.24, 2.45) is 0 Å². The summed E-state index contributed by atoms with van der Waals surface area (Å²) < 4.78 is 1.67. The zero-order valence-electron chi connectivity index (χ0n) is 10.5. The first kappa shape index (κ1) is 14.0. The first-order valence-electron chi connectivity index (χ1n) is 5.94. The summed E-state index contributed by atoms with van der Waals surface area (Å²) in [5, 5.41) is 20.4. The lowest BCUT2D eigenvalue weighted by Gasteiger charge is -2.06. The number of carboxylic acid groups (broad SMARTS) is 1. The van der Waals surface area contributed by atoms with Crippen molar-refractivity contribution in [3.8, 4) is 17.2 Å². The molecule has 0 bridgehead atoms. The molecule has 0 spiro atoms. The molecule has 1 aromatic heterocycles. The van der Waals surface area contributed by atoms with Gasteiger partial charge in [-0.3, -0.25) is 0 Å². The molecule has 0 aliphatic rings. The Bertz CT molecular complexity index is 659. The number of aromatic nitrogens is 1. The van der Waals surface area contributed by atoms with E-state index in [1.807, 2.05) is 30.3 Å². The zero-order chi connectivity index (χ0) is 14.5. The second kappa shape index (κ2) is 6.13. The van der Waals surface area contributed by atoms with E-state index in [4.69, 9.17) is 16.7 Å². The third kappa shape index (κ3) is 2.92. The van der Waals surface area contributed by atoms with Crippen molar-refractivity contribution in [2.45, 2.75) is 6.54 Å². The molecule has 20 heavy (non-hydrogen) atoms. The molecule has 1 heterocycles. The van der Waals surface area contributed by atoms with Gasteiger partial charge in [0.15, 0.2) is 0 Å². The van der Waals surface area contributed by atoms with Gasteiger partial charge in [-0.1, -0.05) is 41.9 Å². The second-order valence-corrected chi connectivity index (χ2v) is 4.47. The summed E-state index contributed by atoms with van der Waals surface area (Å²) in [5.41, 5.74) is 2.00. The van der Waals surface area contributed by atoms with Gasteiger partial charge in [0.2, 0.25) is 0 Å². The molecule has 0 radical (unpaired) electrons. The Morgan fingerprint density at radius 1 is 1.40 bits per heavy atom. The molecule has 5 nitrogen and oxygen atoms in total. The van der Waals surface area contributed by atoms with E-state index in [1.54, 1.807) is 10.8 Å². The first-order chi connectivity index (χ1) is 9.63. The van der Waals surface area contributed by atoms with Crippen LogP contribution in [0.1, 0.15) is 5.56 Å². The average molecular weight is 290 g/mol. The van der Waals surface area contributed by atoms with Crippen molar-refractivity contribution in [1.29, 1.82) is 5.26 Å². The number of hydrogen-bond donors (Lipinski definition) is 2. The van der Waals surface area contributed by atoms with Crippen molar-refractivity contribution >= 4 is 17.7 Å². The number of nitrogens with zero attached hydrogens (tertiary/aromatic N) is 2. The highest BCUT2D eigenvalue weighted by molar-refractivity contribution is 6.32. The molecule has 102 valence electrons. The maximum atomic E-state index is 10.4. The Morgan fingerprint density at radius 3 is 2.70 bits per heavy atom. The number of hydrogen-bond acceptors (Lipinski definition) is 2. The molecule has 2 N–H and O–H groups in total. The molecule has 1 amide bonds. The number of rotatable bonds is 4. The predicted molar refractivity (Wildman–Crippen MR) is 75.6 cm³/mol. The topological polar surface area (TPSA) is 78.0 Å². The average Bonchev–Trinajstić information content (AvgIpc) is 2.76. The molecule has 0 unspecified atom stereocenters. The summed E-state index contributed by atoms with van der Waals surface area (Å²) in [5.74, 6) is 0. The molecule has 0 atom stereocenters. The third-order valence-corrected chi connectivity index (χ3v) is 3.23. The molecular weight excluding hydrogens is 278 g/mol.